The highest BCUT2D eigenvalue weighted by Crippen LogP contribution is 2.06. The summed E-state index contributed by atoms with van der Waals surface area (Å²) in [5, 5.41) is 12.1. The Hall–Kier alpha value is -1.88. The Kier molecular flexibility index (Phi) is 4.66. The Morgan fingerprint density at radius 2 is 1.88 bits per heavy atom. The molecule has 0 unspecified atom stereocenters. The maximum Gasteiger partial charge on any atom is 0.168 e. The van der Waals surface area contributed by atoms with E-state index in [2.05, 4.69) is 20.7 Å². The van der Waals surface area contributed by atoms with Gasteiger partial charge >= 0.3 is 0 Å². The fraction of sp³-hybridized carbons (Fsp3) is 0.182. The van der Waals surface area contributed by atoms with Crippen LogP contribution in [0.15, 0.2) is 41.8 Å². The normalized spacial score (nSPS) is 9.29. The number of anilines is 1. The average Bonchev–Trinajstić information content (AvgIpc) is 2.80. The summed E-state index contributed by atoms with van der Waals surface area (Å²) in [5.41, 5.74) is 3.76. The largest absolute Gasteiger partial charge is 0.307 e. The summed E-state index contributed by atoms with van der Waals surface area (Å²) in [6.45, 7) is 3.82. The topological polar surface area (TPSA) is 55.1 Å². The molecule has 0 aliphatic carbocycles. The summed E-state index contributed by atoms with van der Waals surface area (Å²) in [5.74, 6) is 1.42. The van der Waals surface area contributed by atoms with E-state index in [1.807, 2.05) is 55.1 Å². The maximum atomic E-state index is 4.08. The molecule has 2 aromatic rings. The Labute approximate surface area is 106 Å². The van der Waals surface area contributed by atoms with Crippen LogP contribution in [0, 0.1) is 0 Å². The smallest absolute Gasteiger partial charge is 0.168 e. The molecule has 0 aromatic carbocycles. The summed E-state index contributed by atoms with van der Waals surface area (Å²) in [7, 11) is 0. The van der Waals surface area contributed by atoms with Crippen molar-refractivity contribution in [2.45, 2.75) is 13.8 Å². The zero-order chi connectivity index (χ0) is 11.4. The molecule has 0 aliphatic heterocycles. The Morgan fingerprint density at radius 3 is 2.41 bits per heavy atom. The number of hydrogen-bond donors (Lipinski definition) is 1. The van der Waals surface area contributed by atoms with Crippen LogP contribution in [0.4, 0.5) is 5.82 Å². The van der Waals surface area contributed by atoms with Crippen molar-refractivity contribution in [2.24, 2.45) is 5.10 Å². The van der Waals surface area contributed by atoms with Crippen molar-refractivity contribution in [2.75, 3.05) is 5.43 Å². The molecule has 0 atom stereocenters. The van der Waals surface area contributed by atoms with Crippen LogP contribution in [-0.2, 0) is 0 Å². The summed E-state index contributed by atoms with van der Waals surface area (Å²) >= 11 is 0. The van der Waals surface area contributed by atoms with Crippen molar-refractivity contribution in [3.63, 3.8) is 0 Å². The van der Waals surface area contributed by atoms with Crippen molar-refractivity contribution in [3.05, 3.63) is 36.7 Å². The molecule has 0 saturated heterocycles. The summed E-state index contributed by atoms with van der Waals surface area (Å²) in [6, 6.07) is 7.61. The third kappa shape index (κ3) is 3.57. The minimum absolute atomic E-state index is 0. The molecule has 17 heavy (non-hydrogen) atoms. The van der Waals surface area contributed by atoms with Crippen molar-refractivity contribution >= 4 is 23.9 Å². The molecule has 2 rings (SSSR count). The van der Waals surface area contributed by atoms with Gasteiger partial charge in [0.2, 0.25) is 0 Å². The summed E-state index contributed by atoms with van der Waals surface area (Å²) in [4.78, 5) is 0. The molecule has 2 aromatic heterocycles. The Balaban J connectivity index is 0.00000144. The van der Waals surface area contributed by atoms with Crippen LogP contribution >= 0.6 is 12.4 Å². The first kappa shape index (κ1) is 13.2. The van der Waals surface area contributed by atoms with Gasteiger partial charge in [0.25, 0.3) is 0 Å². The van der Waals surface area contributed by atoms with E-state index < -0.39 is 0 Å². The minimum atomic E-state index is 0. The standard InChI is InChI=1S/C11H13N5.ClH/c1-9(2)12-13-10-5-6-11(15-14-10)16-7-3-4-8-16;/h3-8H,1-2H3,(H,13,14);1H. The van der Waals surface area contributed by atoms with E-state index in [9.17, 15) is 0 Å². The molecule has 2 heterocycles. The van der Waals surface area contributed by atoms with E-state index >= 15 is 0 Å². The molecule has 0 aliphatic rings. The van der Waals surface area contributed by atoms with Gasteiger partial charge in [-0.15, -0.1) is 22.6 Å². The van der Waals surface area contributed by atoms with E-state index in [-0.39, 0.29) is 12.4 Å². The Morgan fingerprint density at radius 1 is 1.18 bits per heavy atom. The maximum absolute atomic E-state index is 4.08. The molecular weight excluding hydrogens is 238 g/mol. The van der Waals surface area contributed by atoms with E-state index in [0.29, 0.717) is 5.82 Å². The van der Waals surface area contributed by atoms with E-state index in [1.54, 1.807) is 0 Å². The lowest BCUT2D eigenvalue weighted by atomic mass is 10.5. The second kappa shape index (κ2) is 6.00. The monoisotopic (exact) mass is 251 g/mol. The Bertz CT molecular complexity index is 471. The van der Waals surface area contributed by atoms with Crippen molar-refractivity contribution < 1.29 is 0 Å². The number of hydrazone groups is 1. The molecular formula is C11H14ClN5. The van der Waals surface area contributed by atoms with Gasteiger partial charge in [0.1, 0.15) is 0 Å². The summed E-state index contributed by atoms with van der Waals surface area (Å²) < 4.78 is 1.89. The first-order valence-corrected chi connectivity index (χ1v) is 5.00. The molecule has 5 nitrogen and oxygen atoms in total. The van der Waals surface area contributed by atoms with E-state index in [0.717, 1.165) is 11.5 Å². The lowest BCUT2D eigenvalue weighted by Gasteiger charge is -2.02. The number of hydrogen-bond acceptors (Lipinski definition) is 4. The third-order valence-corrected chi connectivity index (χ3v) is 1.91. The van der Waals surface area contributed by atoms with Crippen molar-refractivity contribution in [1.29, 1.82) is 0 Å². The lowest BCUT2D eigenvalue weighted by molar-refractivity contribution is 0.918. The fourth-order valence-corrected chi connectivity index (χ4v) is 1.18. The highest BCUT2D eigenvalue weighted by molar-refractivity contribution is 5.85. The second-order valence-corrected chi connectivity index (χ2v) is 3.54. The van der Waals surface area contributed by atoms with Crippen LogP contribution in [0.3, 0.4) is 0 Å². The zero-order valence-corrected chi connectivity index (χ0v) is 10.5. The van der Waals surface area contributed by atoms with Crippen molar-refractivity contribution in [1.82, 2.24) is 14.8 Å². The van der Waals surface area contributed by atoms with Crippen LogP contribution in [0.25, 0.3) is 5.82 Å². The van der Waals surface area contributed by atoms with Gasteiger partial charge in [-0.05, 0) is 38.1 Å². The number of aromatic nitrogens is 3. The van der Waals surface area contributed by atoms with Gasteiger partial charge in [0.05, 0.1) is 0 Å². The van der Waals surface area contributed by atoms with Gasteiger partial charge in [-0.3, -0.25) is 5.43 Å². The average molecular weight is 252 g/mol. The fourth-order valence-electron chi connectivity index (χ4n) is 1.18. The highest BCUT2D eigenvalue weighted by atomic mass is 35.5. The number of nitrogens with one attached hydrogen (secondary N) is 1. The molecule has 6 heteroatoms. The van der Waals surface area contributed by atoms with Crippen LogP contribution < -0.4 is 5.43 Å². The lowest BCUT2D eigenvalue weighted by Crippen LogP contribution is -2.00. The molecule has 0 saturated carbocycles. The molecule has 0 fully saturated rings. The van der Waals surface area contributed by atoms with Crippen LogP contribution in [-0.4, -0.2) is 20.5 Å². The number of nitrogens with zero attached hydrogens (tertiary/aromatic N) is 4. The second-order valence-electron chi connectivity index (χ2n) is 3.54. The van der Waals surface area contributed by atoms with Crippen LogP contribution in [0.2, 0.25) is 0 Å². The van der Waals surface area contributed by atoms with E-state index in [4.69, 9.17) is 0 Å². The summed E-state index contributed by atoms with van der Waals surface area (Å²) in [6.07, 6.45) is 3.84. The van der Waals surface area contributed by atoms with Gasteiger partial charge in [-0.2, -0.15) is 5.10 Å². The number of rotatable bonds is 3. The molecule has 0 radical (unpaired) electrons. The van der Waals surface area contributed by atoms with Crippen LogP contribution in [0.1, 0.15) is 13.8 Å². The van der Waals surface area contributed by atoms with E-state index in [1.165, 1.54) is 0 Å². The third-order valence-electron chi connectivity index (χ3n) is 1.91. The zero-order valence-electron chi connectivity index (χ0n) is 9.66. The van der Waals surface area contributed by atoms with Gasteiger partial charge < -0.3 is 4.57 Å². The molecule has 0 spiro atoms. The van der Waals surface area contributed by atoms with Crippen LogP contribution in [0.5, 0.6) is 0 Å². The predicted molar refractivity (Wildman–Crippen MR) is 71.0 cm³/mol. The molecule has 0 amide bonds. The highest BCUT2D eigenvalue weighted by Gasteiger charge is 1.97. The van der Waals surface area contributed by atoms with Gasteiger partial charge in [0, 0.05) is 18.1 Å². The molecule has 1 N–H and O–H groups in total. The van der Waals surface area contributed by atoms with Gasteiger partial charge in [0.15, 0.2) is 11.6 Å². The SMILES string of the molecule is CC(C)=NNc1ccc(-n2cccc2)nn1.Cl. The number of halogens is 1. The van der Waals surface area contributed by atoms with Gasteiger partial charge in [-0.1, -0.05) is 0 Å². The van der Waals surface area contributed by atoms with Crippen molar-refractivity contribution in [3.8, 4) is 5.82 Å². The molecule has 90 valence electrons. The van der Waals surface area contributed by atoms with Gasteiger partial charge in [-0.25, -0.2) is 0 Å². The molecule has 0 bridgehead atoms. The first-order chi connectivity index (χ1) is 7.75. The predicted octanol–water partition coefficient (Wildman–Crippen LogP) is 2.50. The first-order valence-electron chi connectivity index (χ1n) is 5.00. The minimum Gasteiger partial charge on any atom is -0.307 e. The quantitative estimate of drug-likeness (QED) is 0.674.